The molecular formula is C14H22N4S. The molecule has 1 aliphatic rings. The topological polar surface area (TPSA) is 38.5 Å². The standard InChI is InChI=1S/C14H22N4S/c1-3-11-12-13(17(2)16-11)18(14(19)15-12)10-8-6-4-5-7-9-10/h10H,3-9H2,1-2H3,(H,15,19). The second-order valence-electron chi connectivity index (χ2n) is 5.57. The van der Waals surface area contributed by atoms with Crippen molar-refractivity contribution >= 4 is 23.4 Å². The first kappa shape index (κ1) is 12.9. The lowest BCUT2D eigenvalue weighted by Gasteiger charge is -2.16. The number of hydrogen-bond acceptors (Lipinski definition) is 2. The maximum atomic E-state index is 5.57. The van der Waals surface area contributed by atoms with Gasteiger partial charge in [-0.15, -0.1) is 0 Å². The van der Waals surface area contributed by atoms with Gasteiger partial charge in [0.05, 0.1) is 5.69 Å². The van der Waals surface area contributed by atoms with E-state index in [1.807, 2.05) is 11.7 Å². The number of fused-ring (bicyclic) bond motifs is 1. The van der Waals surface area contributed by atoms with Gasteiger partial charge in [-0.1, -0.05) is 32.6 Å². The number of aromatic amines is 1. The van der Waals surface area contributed by atoms with Crippen LogP contribution in [0, 0.1) is 4.77 Å². The van der Waals surface area contributed by atoms with Crippen LogP contribution >= 0.6 is 12.2 Å². The quantitative estimate of drug-likeness (QED) is 0.668. The third kappa shape index (κ3) is 2.14. The molecule has 0 amide bonds. The summed E-state index contributed by atoms with van der Waals surface area (Å²) in [6, 6.07) is 0.545. The highest BCUT2D eigenvalue weighted by molar-refractivity contribution is 7.71. The van der Waals surface area contributed by atoms with Crippen LogP contribution in [0.3, 0.4) is 0 Å². The summed E-state index contributed by atoms with van der Waals surface area (Å²) in [5, 5.41) is 4.61. The number of nitrogens with zero attached hydrogens (tertiary/aromatic N) is 3. The highest BCUT2D eigenvalue weighted by Crippen LogP contribution is 2.31. The number of aromatic nitrogens is 4. The molecule has 104 valence electrons. The van der Waals surface area contributed by atoms with Crippen molar-refractivity contribution in [2.45, 2.75) is 57.9 Å². The Kier molecular flexibility index (Phi) is 3.48. The molecular weight excluding hydrogens is 256 g/mol. The fraction of sp³-hybridized carbons (Fsp3) is 0.714. The van der Waals surface area contributed by atoms with Gasteiger partial charge < -0.3 is 4.98 Å². The average molecular weight is 278 g/mol. The highest BCUT2D eigenvalue weighted by Gasteiger charge is 2.21. The molecule has 5 heteroatoms. The molecule has 4 nitrogen and oxygen atoms in total. The molecule has 0 bridgehead atoms. The van der Waals surface area contributed by atoms with Crippen LogP contribution < -0.4 is 0 Å². The molecule has 1 aliphatic carbocycles. The largest absolute Gasteiger partial charge is 0.328 e. The Hall–Kier alpha value is -1.10. The Morgan fingerprint density at radius 2 is 1.95 bits per heavy atom. The third-order valence-electron chi connectivity index (χ3n) is 4.29. The Labute approximate surface area is 118 Å². The van der Waals surface area contributed by atoms with Crippen molar-refractivity contribution in [1.29, 1.82) is 0 Å². The van der Waals surface area contributed by atoms with Crippen LogP contribution in [0.5, 0.6) is 0 Å². The summed E-state index contributed by atoms with van der Waals surface area (Å²) < 4.78 is 5.18. The summed E-state index contributed by atoms with van der Waals surface area (Å²) in [6.45, 7) is 2.14. The number of hydrogen-bond donors (Lipinski definition) is 1. The normalized spacial score (nSPS) is 18.0. The minimum absolute atomic E-state index is 0.545. The van der Waals surface area contributed by atoms with E-state index in [9.17, 15) is 0 Å². The molecule has 2 aromatic rings. The maximum absolute atomic E-state index is 5.57. The molecule has 0 radical (unpaired) electrons. The highest BCUT2D eigenvalue weighted by atomic mass is 32.1. The van der Waals surface area contributed by atoms with Crippen LogP contribution in [-0.2, 0) is 13.5 Å². The molecule has 1 N–H and O–H groups in total. The molecule has 3 rings (SSSR count). The van der Waals surface area contributed by atoms with Gasteiger partial charge in [-0.05, 0) is 31.5 Å². The molecule has 1 saturated carbocycles. The van der Waals surface area contributed by atoms with Gasteiger partial charge in [0.1, 0.15) is 5.52 Å². The van der Waals surface area contributed by atoms with Gasteiger partial charge in [0, 0.05) is 13.1 Å². The number of rotatable bonds is 2. The maximum Gasteiger partial charge on any atom is 0.179 e. The van der Waals surface area contributed by atoms with Gasteiger partial charge in [-0.3, -0.25) is 9.25 Å². The van der Waals surface area contributed by atoms with Crippen LogP contribution in [0.1, 0.15) is 57.2 Å². The Morgan fingerprint density at radius 3 is 2.58 bits per heavy atom. The van der Waals surface area contributed by atoms with Gasteiger partial charge in [-0.25, -0.2) is 0 Å². The van der Waals surface area contributed by atoms with E-state index in [0.29, 0.717) is 6.04 Å². The molecule has 0 aromatic carbocycles. The summed E-state index contributed by atoms with van der Waals surface area (Å²) in [7, 11) is 2.03. The van der Waals surface area contributed by atoms with Crippen molar-refractivity contribution in [3.05, 3.63) is 10.5 Å². The first-order valence-electron chi connectivity index (χ1n) is 7.38. The Balaban J connectivity index is 2.14. The predicted octanol–water partition coefficient (Wildman–Crippen LogP) is 3.89. The van der Waals surface area contributed by atoms with Crippen LogP contribution in [0.25, 0.3) is 11.2 Å². The van der Waals surface area contributed by atoms with E-state index in [2.05, 4.69) is 21.6 Å². The van der Waals surface area contributed by atoms with E-state index in [-0.39, 0.29) is 0 Å². The van der Waals surface area contributed by atoms with Crippen molar-refractivity contribution in [3.8, 4) is 0 Å². The van der Waals surface area contributed by atoms with Gasteiger partial charge in [0.15, 0.2) is 10.4 Å². The number of nitrogens with one attached hydrogen (secondary N) is 1. The van der Waals surface area contributed by atoms with Crippen LogP contribution in [0.15, 0.2) is 0 Å². The number of imidazole rings is 1. The van der Waals surface area contributed by atoms with E-state index >= 15 is 0 Å². The first-order chi connectivity index (χ1) is 9.22. The van der Waals surface area contributed by atoms with E-state index < -0.39 is 0 Å². The molecule has 0 spiro atoms. The summed E-state index contributed by atoms with van der Waals surface area (Å²) in [5.74, 6) is 0. The fourth-order valence-corrected chi connectivity index (χ4v) is 3.68. The summed E-state index contributed by atoms with van der Waals surface area (Å²) >= 11 is 5.57. The Bertz CT molecular complexity index is 626. The Morgan fingerprint density at radius 1 is 1.26 bits per heavy atom. The lowest BCUT2D eigenvalue weighted by atomic mass is 10.1. The lowest BCUT2D eigenvalue weighted by molar-refractivity contribution is 0.443. The first-order valence-corrected chi connectivity index (χ1v) is 7.79. The number of aryl methyl sites for hydroxylation is 2. The molecule has 1 fully saturated rings. The molecule has 0 aliphatic heterocycles. The molecule has 19 heavy (non-hydrogen) atoms. The van der Waals surface area contributed by atoms with Crippen LogP contribution in [0.4, 0.5) is 0 Å². The van der Waals surface area contributed by atoms with Crippen LogP contribution in [-0.4, -0.2) is 19.3 Å². The second-order valence-corrected chi connectivity index (χ2v) is 5.95. The van der Waals surface area contributed by atoms with Crippen LogP contribution in [0.2, 0.25) is 0 Å². The number of H-pyrrole nitrogens is 1. The van der Waals surface area contributed by atoms with E-state index in [0.717, 1.165) is 22.4 Å². The van der Waals surface area contributed by atoms with Crippen molar-refractivity contribution in [2.75, 3.05) is 0 Å². The van der Waals surface area contributed by atoms with E-state index in [1.54, 1.807) is 0 Å². The predicted molar refractivity (Wildman–Crippen MR) is 80.0 cm³/mol. The molecule has 0 unspecified atom stereocenters. The van der Waals surface area contributed by atoms with E-state index in [4.69, 9.17) is 12.2 Å². The molecule has 2 heterocycles. The third-order valence-corrected chi connectivity index (χ3v) is 4.59. The zero-order chi connectivity index (χ0) is 13.4. The molecule has 0 atom stereocenters. The average Bonchev–Trinajstić information content (AvgIpc) is 2.75. The van der Waals surface area contributed by atoms with Gasteiger partial charge >= 0.3 is 0 Å². The summed E-state index contributed by atoms with van der Waals surface area (Å²) in [5.41, 5.74) is 3.43. The fourth-order valence-electron chi connectivity index (χ4n) is 3.34. The second kappa shape index (κ2) is 5.12. The minimum Gasteiger partial charge on any atom is -0.328 e. The SMILES string of the molecule is CCc1nn(C)c2c1[nH]c(=S)n2C1CCCCCC1. The zero-order valence-corrected chi connectivity index (χ0v) is 12.6. The summed E-state index contributed by atoms with van der Waals surface area (Å²) in [4.78, 5) is 3.38. The molecule has 2 aromatic heterocycles. The summed E-state index contributed by atoms with van der Waals surface area (Å²) in [6.07, 6.45) is 8.79. The van der Waals surface area contributed by atoms with Crippen molar-refractivity contribution in [1.82, 2.24) is 19.3 Å². The van der Waals surface area contributed by atoms with Gasteiger partial charge in [0.2, 0.25) is 0 Å². The molecule has 0 saturated heterocycles. The monoisotopic (exact) mass is 278 g/mol. The van der Waals surface area contributed by atoms with Crippen molar-refractivity contribution in [3.63, 3.8) is 0 Å². The smallest absolute Gasteiger partial charge is 0.179 e. The van der Waals surface area contributed by atoms with E-state index in [1.165, 1.54) is 44.2 Å². The van der Waals surface area contributed by atoms with Crippen molar-refractivity contribution in [2.24, 2.45) is 7.05 Å². The van der Waals surface area contributed by atoms with Gasteiger partial charge in [0.25, 0.3) is 0 Å². The van der Waals surface area contributed by atoms with Crippen molar-refractivity contribution < 1.29 is 0 Å². The zero-order valence-electron chi connectivity index (χ0n) is 11.8. The lowest BCUT2D eigenvalue weighted by Crippen LogP contribution is -2.10. The minimum atomic E-state index is 0.545. The van der Waals surface area contributed by atoms with Gasteiger partial charge in [-0.2, -0.15) is 5.10 Å².